The predicted octanol–water partition coefficient (Wildman–Crippen LogP) is 1.49. The van der Waals surface area contributed by atoms with E-state index in [0.29, 0.717) is 0 Å². The molecule has 0 aromatic heterocycles. The molecule has 0 fully saturated rings. The van der Waals surface area contributed by atoms with E-state index < -0.39 is 53.4 Å². The lowest BCUT2D eigenvalue weighted by Crippen LogP contribution is -2.49. The van der Waals surface area contributed by atoms with Gasteiger partial charge in [-0.15, -0.1) is 0 Å². The molecule has 0 spiro atoms. The number of ether oxygens (including phenoxy) is 3. The van der Waals surface area contributed by atoms with Crippen molar-refractivity contribution >= 4 is 16.6 Å². The molecule has 142 valence electrons. The number of hydrogen-bond donors (Lipinski definition) is 1. The van der Waals surface area contributed by atoms with Gasteiger partial charge >= 0.3 is 6.09 Å². The van der Waals surface area contributed by atoms with Crippen molar-refractivity contribution in [1.29, 1.82) is 0 Å². The van der Waals surface area contributed by atoms with E-state index in [1.165, 1.54) is 0 Å². The third-order valence-electron chi connectivity index (χ3n) is 2.85. The van der Waals surface area contributed by atoms with Crippen LogP contribution in [0.1, 0.15) is 13.8 Å². The molecule has 0 radical (unpaired) electrons. The molecular formula is C13H16F5NO5Si. The van der Waals surface area contributed by atoms with E-state index in [1.54, 1.807) is 13.8 Å². The number of carbonyl (C=O) groups excluding carboxylic acids is 1. The molecular weight excluding hydrogens is 373 g/mol. The summed E-state index contributed by atoms with van der Waals surface area (Å²) < 4.78 is 85.7. The molecule has 25 heavy (non-hydrogen) atoms. The Balaban J connectivity index is 2.90. The molecule has 1 aromatic rings. The zero-order chi connectivity index (χ0) is 19.2. The molecule has 1 amide bonds. The van der Waals surface area contributed by atoms with Crippen molar-refractivity contribution in [3.63, 3.8) is 0 Å². The summed E-state index contributed by atoms with van der Waals surface area (Å²) in [5.41, 5.74) is 0. The summed E-state index contributed by atoms with van der Waals surface area (Å²) in [6.07, 6.45) is -1.49. The first-order chi connectivity index (χ1) is 11.7. The van der Waals surface area contributed by atoms with Crippen molar-refractivity contribution in [1.82, 2.24) is 5.32 Å². The molecule has 1 N–H and O–H groups in total. The molecule has 0 atom stereocenters. The molecule has 1 rings (SSSR count). The molecule has 0 aliphatic carbocycles. The highest BCUT2D eigenvalue weighted by Crippen LogP contribution is 2.29. The number of nitrogens with one attached hydrogen (secondary N) is 1. The molecule has 1 aromatic carbocycles. The van der Waals surface area contributed by atoms with Crippen LogP contribution in [0.25, 0.3) is 0 Å². The maximum absolute atomic E-state index is 13.5. The van der Waals surface area contributed by atoms with Crippen LogP contribution in [0, 0.1) is 29.1 Å². The summed E-state index contributed by atoms with van der Waals surface area (Å²) in [4.78, 5) is 11.6. The number of rotatable bonds is 8. The first-order valence-electron chi connectivity index (χ1n) is 7.03. The Kier molecular flexibility index (Phi) is 7.73. The van der Waals surface area contributed by atoms with Crippen LogP contribution in [-0.2, 0) is 13.9 Å². The molecule has 0 bridgehead atoms. The third kappa shape index (κ3) is 4.87. The fourth-order valence-electron chi connectivity index (χ4n) is 1.76. The molecule has 12 heteroatoms. The SMILES string of the molecule is CCOC(CNC(=O)Oc1c(F)c(F)c(F)c(F)c1F)(O[SiH3])OCC. The first-order valence-corrected chi connectivity index (χ1v) is 7.84. The molecule has 0 saturated heterocycles. The van der Waals surface area contributed by atoms with Gasteiger partial charge in [-0.3, -0.25) is 0 Å². The number of halogens is 5. The van der Waals surface area contributed by atoms with Crippen LogP contribution < -0.4 is 10.1 Å². The average Bonchev–Trinajstić information content (AvgIpc) is 2.60. The minimum Gasteiger partial charge on any atom is -0.404 e. The maximum atomic E-state index is 13.5. The maximum Gasteiger partial charge on any atom is 0.413 e. The summed E-state index contributed by atoms with van der Waals surface area (Å²) in [5.74, 6) is -14.7. The standard InChI is InChI=1S/C13H16F5NO5Si/c1-3-21-13(24-25,22-4-2)5-19-12(20)23-11-9(17)7(15)6(14)8(16)10(11)18/h3-5H2,1-2,25H3,(H,19,20). The lowest BCUT2D eigenvalue weighted by molar-refractivity contribution is -0.335. The Hall–Kier alpha value is -1.76. The Morgan fingerprint density at radius 1 is 0.960 bits per heavy atom. The van der Waals surface area contributed by atoms with Crippen molar-refractivity contribution in [2.24, 2.45) is 0 Å². The summed E-state index contributed by atoms with van der Waals surface area (Å²) in [6.45, 7) is 3.10. The third-order valence-corrected chi connectivity index (χ3v) is 3.48. The van der Waals surface area contributed by atoms with Gasteiger partial charge in [-0.2, -0.15) is 8.78 Å². The van der Waals surface area contributed by atoms with Crippen LogP contribution in [0.15, 0.2) is 0 Å². The van der Waals surface area contributed by atoms with Crippen LogP contribution in [0.3, 0.4) is 0 Å². The van der Waals surface area contributed by atoms with E-state index in [1.807, 2.05) is 5.32 Å². The van der Waals surface area contributed by atoms with Crippen LogP contribution >= 0.6 is 0 Å². The lowest BCUT2D eigenvalue weighted by atomic mass is 10.2. The van der Waals surface area contributed by atoms with Gasteiger partial charge in [0.15, 0.2) is 10.5 Å². The van der Waals surface area contributed by atoms with Gasteiger partial charge in [0.05, 0.1) is 0 Å². The van der Waals surface area contributed by atoms with Gasteiger partial charge in [0.2, 0.25) is 34.8 Å². The molecule has 0 unspecified atom stereocenters. The van der Waals surface area contributed by atoms with Gasteiger partial charge in [0, 0.05) is 13.2 Å². The van der Waals surface area contributed by atoms with Crippen molar-refractivity contribution in [3.8, 4) is 5.75 Å². The van der Waals surface area contributed by atoms with Gasteiger partial charge < -0.3 is 24.0 Å². The normalized spacial score (nSPS) is 11.6. The molecule has 0 heterocycles. The number of amides is 1. The predicted molar refractivity (Wildman–Crippen MR) is 77.3 cm³/mol. The van der Waals surface area contributed by atoms with Crippen molar-refractivity contribution in [3.05, 3.63) is 29.1 Å². The van der Waals surface area contributed by atoms with Gasteiger partial charge in [-0.05, 0) is 13.8 Å². The summed E-state index contributed by atoms with van der Waals surface area (Å²) in [7, 11) is 0.152. The van der Waals surface area contributed by atoms with Gasteiger partial charge in [0.25, 0.3) is 5.97 Å². The van der Waals surface area contributed by atoms with Gasteiger partial charge in [0.1, 0.15) is 6.54 Å². The Labute approximate surface area is 142 Å². The molecule has 6 nitrogen and oxygen atoms in total. The quantitative estimate of drug-likeness (QED) is 0.240. The second-order valence-electron chi connectivity index (χ2n) is 4.40. The smallest absolute Gasteiger partial charge is 0.404 e. The van der Waals surface area contributed by atoms with E-state index in [0.717, 1.165) is 0 Å². The second kappa shape index (κ2) is 9.08. The van der Waals surface area contributed by atoms with E-state index in [2.05, 4.69) is 4.74 Å². The van der Waals surface area contributed by atoms with E-state index in [-0.39, 0.29) is 23.7 Å². The minimum absolute atomic E-state index is 0.149. The van der Waals surface area contributed by atoms with Crippen LogP contribution in [0.2, 0.25) is 0 Å². The molecule has 0 aliphatic heterocycles. The first kappa shape index (κ1) is 21.3. The molecule has 0 aliphatic rings. The minimum atomic E-state index is -2.36. The number of carbonyl (C=O) groups is 1. The van der Waals surface area contributed by atoms with Crippen molar-refractivity contribution in [2.75, 3.05) is 19.8 Å². The topological polar surface area (TPSA) is 66.0 Å². The summed E-state index contributed by atoms with van der Waals surface area (Å²) in [6, 6.07) is 0. The van der Waals surface area contributed by atoms with Crippen molar-refractivity contribution < 1.29 is 45.4 Å². The van der Waals surface area contributed by atoms with Gasteiger partial charge in [-0.1, -0.05) is 0 Å². The largest absolute Gasteiger partial charge is 0.413 e. The number of hydrogen-bond acceptors (Lipinski definition) is 5. The monoisotopic (exact) mass is 389 g/mol. The fraction of sp³-hybridized carbons (Fsp3) is 0.462. The Morgan fingerprint density at radius 3 is 1.80 bits per heavy atom. The summed E-state index contributed by atoms with van der Waals surface area (Å²) >= 11 is 0. The Bertz CT molecular complexity index is 598. The molecule has 0 saturated carbocycles. The highest BCUT2D eigenvalue weighted by atomic mass is 28.2. The van der Waals surface area contributed by atoms with Crippen LogP contribution in [0.5, 0.6) is 5.75 Å². The van der Waals surface area contributed by atoms with Crippen molar-refractivity contribution in [2.45, 2.75) is 19.8 Å². The average molecular weight is 389 g/mol. The number of benzene rings is 1. The van der Waals surface area contributed by atoms with Gasteiger partial charge in [-0.25, -0.2) is 18.0 Å². The summed E-state index contributed by atoms with van der Waals surface area (Å²) in [5, 5.41) is 2.01. The lowest BCUT2D eigenvalue weighted by Gasteiger charge is -2.31. The van der Waals surface area contributed by atoms with E-state index >= 15 is 0 Å². The zero-order valence-electron chi connectivity index (χ0n) is 13.6. The van der Waals surface area contributed by atoms with E-state index in [4.69, 9.17) is 13.9 Å². The van der Waals surface area contributed by atoms with Crippen LogP contribution in [-0.4, -0.2) is 42.3 Å². The van der Waals surface area contributed by atoms with Crippen LogP contribution in [0.4, 0.5) is 26.7 Å². The fourth-order valence-corrected chi connectivity index (χ4v) is 2.14. The Morgan fingerprint density at radius 2 is 1.40 bits per heavy atom. The highest BCUT2D eigenvalue weighted by Gasteiger charge is 2.33. The van der Waals surface area contributed by atoms with E-state index in [9.17, 15) is 26.7 Å². The second-order valence-corrected chi connectivity index (χ2v) is 4.80. The zero-order valence-corrected chi connectivity index (χ0v) is 15.6. The highest BCUT2D eigenvalue weighted by molar-refractivity contribution is 5.98.